The summed E-state index contributed by atoms with van der Waals surface area (Å²) < 4.78 is 8.61. The van der Waals surface area contributed by atoms with Gasteiger partial charge in [0.05, 0.1) is 27.9 Å². The van der Waals surface area contributed by atoms with Crippen LogP contribution in [0.2, 0.25) is 0 Å². The third-order valence-electron chi connectivity index (χ3n) is 4.17. The van der Waals surface area contributed by atoms with Crippen molar-refractivity contribution in [3.63, 3.8) is 0 Å². The van der Waals surface area contributed by atoms with E-state index in [4.69, 9.17) is 4.74 Å². The van der Waals surface area contributed by atoms with E-state index in [0.29, 0.717) is 35.6 Å². The number of para-hydroxylation sites is 1. The average Bonchev–Trinajstić information content (AvgIpc) is 3.05. The Kier molecular flexibility index (Phi) is 5.04. The predicted molar refractivity (Wildman–Crippen MR) is 106 cm³/mol. The van der Waals surface area contributed by atoms with Crippen molar-refractivity contribution in [1.29, 1.82) is 0 Å². The number of hydrogen-bond acceptors (Lipinski definition) is 5. The third kappa shape index (κ3) is 3.65. The molecule has 27 heavy (non-hydrogen) atoms. The number of aromatic nitrogens is 3. The van der Waals surface area contributed by atoms with Gasteiger partial charge in [0.15, 0.2) is 4.80 Å². The monoisotopic (exact) mass is 378 g/mol. The summed E-state index contributed by atoms with van der Waals surface area (Å²) in [6.07, 6.45) is 3.24. The molecule has 6 nitrogen and oxygen atoms in total. The summed E-state index contributed by atoms with van der Waals surface area (Å²) in [5.41, 5.74) is 2.98. The largest absolute Gasteiger partial charge is 0.380 e. The van der Waals surface area contributed by atoms with E-state index in [-0.39, 0.29) is 5.91 Å². The van der Waals surface area contributed by atoms with Crippen molar-refractivity contribution < 1.29 is 9.53 Å². The summed E-state index contributed by atoms with van der Waals surface area (Å²) in [5, 5.41) is 0. The molecule has 0 fully saturated rings. The molecule has 0 N–H and O–H groups in total. The summed E-state index contributed by atoms with van der Waals surface area (Å²) in [7, 11) is 0. The highest BCUT2D eigenvalue weighted by atomic mass is 32.1. The van der Waals surface area contributed by atoms with Crippen molar-refractivity contribution in [3.8, 4) is 0 Å². The molecule has 0 bridgehead atoms. The van der Waals surface area contributed by atoms with E-state index in [2.05, 4.69) is 15.0 Å². The van der Waals surface area contributed by atoms with Crippen LogP contribution in [0.3, 0.4) is 0 Å². The van der Waals surface area contributed by atoms with E-state index in [9.17, 15) is 4.79 Å². The van der Waals surface area contributed by atoms with Crippen LogP contribution in [0.1, 0.15) is 17.3 Å². The van der Waals surface area contributed by atoms with Gasteiger partial charge in [-0.25, -0.2) is 0 Å². The number of amides is 1. The van der Waals surface area contributed by atoms with E-state index in [1.807, 2.05) is 35.8 Å². The van der Waals surface area contributed by atoms with Crippen LogP contribution in [0.4, 0.5) is 0 Å². The fraction of sp³-hybridized carbons (Fsp3) is 0.200. The van der Waals surface area contributed by atoms with Crippen molar-refractivity contribution >= 4 is 38.5 Å². The van der Waals surface area contributed by atoms with Gasteiger partial charge in [-0.1, -0.05) is 23.5 Å². The molecule has 0 aliphatic carbocycles. The summed E-state index contributed by atoms with van der Waals surface area (Å²) in [6, 6.07) is 13.3. The average molecular weight is 378 g/mol. The fourth-order valence-electron chi connectivity index (χ4n) is 2.87. The molecule has 0 aliphatic rings. The molecule has 0 radical (unpaired) electrons. The number of thiazole rings is 1. The Bertz CT molecular complexity index is 1180. The van der Waals surface area contributed by atoms with E-state index >= 15 is 0 Å². The first-order chi connectivity index (χ1) is 13.3. The van der Waals surface area contributed by atoms with E-state index in [0.717, 1.165) is 15.7 Å². The van der Waals surface area contributed by atoms with Gasteiger partial charge in [0.2, 0.25) is 0 Å². The van der Waals surface area contributed by atoms with Crippen LogP contribution < -0.4 is 4.80 Å². The summed E-state index contributed by atoms with van der Waals surface area (Å²) in [5.74, 6) is -0.292. The molecule has 0 aliphatic heterocycles. The van der Waals surface area contributed by atoms with Gasteiger partial charge in [0.25, 0.3) is 5.91 Å². The van der Waals surface area contributed by atoms with E-state index in [1.54, 1.807) is 30.6 Å². The zero-order chi connectivity index (χ0) is 18.6. The number of carbonyl (C=O) groups excluding carboxylic acids is 1. The van der Waals surface area contributed by atoms with Crippen LogP contribution in [0.5, 0.6) is 0 Å². The Morgan fingerprint density at radius 3 is 2.81 bits per heavy atom. The maximum atomic E-state index is 12.8. The molecule has 0 unspecified atom stereocenters. The molecule has 2 aromatic heterocycles. The highest BCUT2D eigenvalue weighted by Gasteiger charge is 2.10. The Labute approximate surface area is 159 Å². The molecule has 4 rings (SSSR count). The van der Waals surface area contributed by atoms with E-state index < -0.39 is 0 Å². The first-order valence-corrected chi connectivity index (χ1v) is 9.54. The van der Waals surface area contributed by atoms with Crippen molar-refractivity contribution in [2.75, 3.05) is 13.2 Å². The van der Waals surface area contributed by atoms with E-state index in [1.165, 1.54) is 11.3 Å². The third-order valence-corrected chi connectivity index (χ3v) is 5.22. The first kappa shape index (κ1) is 17.5. The van der Waals surface area contributed by atoms with Crippen molar-refractivity contribution in [2.24, 2.45) is 4.99 Å². The van der Waals surface area contributed by atoms with Crippen molar-refractivity contribution in [3.05, 3.63) is 65.2 Å². The second kappa shape index (κ2) is 7.77. The molecular formula is C20H18N4O2S. The molecule has 2 aromatic carbocycles. The minimum absolute atomic E-state index is 0.292. The maximum absolute atomic E-state index is 12.8. The maximum Gasteiger partial charge on any atom is 0.279 e. The van der Waals surface area contributed by atoms with Gasteiger partial charge in [-0.15, -0.1) is 0 Å². The number of hydrogen-bond donors (Lipinski definition) is 0. The number of nitrogens with zero attached hydrogens (tertiary/aromatic N) is 4. The second-order valence-corrected chi connectivity index (χ2v) is 6.89. The normalized spacial score (nSPS) is 12.1. The molecule has 4 aromatic rings. The lowest BCUT2D eigenvalue weighted by molar-refractivity contribution is 0.0996. The Balaban J connectivity index is 1.76. The number of benzene rings is 2. The molecule has 0 spiro atoms. The van der Waals surface area contributed by atoms with Gasteiger partial charge in [-0.2, -0.15) is 4.99 Å². The van der Waals surface area contributed by atoms with Crippen LogP contribution in [-0.2, 0) is 11.3 Å². The number of rotatable bonds is 5. The smallest absolute Gasteiger partial charge is 0.279 e. The van der Waals surface area contributed by atoms with Crippen molar-refractivity contribution in [1.82, 2.24) is 14.5 Å². The molecule has 7 heteroatoms. The predicted octanol–water partition coefficient (Wildman–Crippen LogP) is 3.42. The summed E-state index contributed by atoms with van der Waals surface area (Å²) in [6.45, 7) is 3.84. The van der Waals surface area contributed by atoms with Crippen LogP contribution >= 0.6 is 11.3 Å². The highest BCUT2D eigenvalue weighted by Crippen LogP contribution is 2.17. The van der Waals surface area contributed by atoms with Gasteiger partial charge >= 0.3 is 0 Å². The molecule has 1 amide bonds. The highest BCUT2D eigenvalue weighted by molar-refractivity contribution is 7.16. The Hall–Kier alpha value is -2.90. The molecule has 136 valence electrons. The second-order valence-electron chi connectivity index (χ2n) is 5.88. The number of carbonyl (C=O) groups is 1. The van der Waals surface area contributed by atoms with Gasteiger partial charge in [-0.3, -0.25) is 14.8 Å². The minimum Gasteiger partial charge on any atom is -0.380 e. The van der Waals surface area contributed by atoms with Crippen molar-refractivity contribution in [2.45, 2.75) is 13.5 Å². The number of ether oxygens (including phenoxy) is 1. The molecule has 0 saturated carbocycles. The van der Waals surface area contributed by atoms with Crippen LogP contribution in [0, 0.1) is 0 Å². The fourth-order valence-corrected chi connectivity index (χ4v) is 3.92. The lowest BCUT2D eigenvalue weighted by Crippen LogP contribution is -2.19. The summed E-state index contributed by atoms with van der Waals surface area (Å²) >= 11 is 1.50. The van der Waals surface area contributed by atoms with Gasteiger partial charge in [0.1, 0.15) is 0 Å². The lowest BCUT2D eigenvalue weighted by Gasteiger charge is -2.05. The molecular weight excluding hydrogens is 360 g/mol. The number of fused-ring (bicyclic) bond motifs is 2. The molecule has 0 atom stereocenters. The topological polar surface area (TPSA) is 69.4 Å². The molecule has 2 heterocycles. The SMILES string of the molecule is CCOCCn1c(=NC(=O)c2ccc3nccnc3c2)sc2ccccc21. The van der Waals surface area contributed by atoms with Crippen LogP contribution in [0.25, 0.3) is 21.3 Å². The zero-order valence-electron chi connectivity index (χ0n) is 14.8. The standard InChI is InChI=1S/C20H18N4O2S/c1-2-26-12-11-24-17-5-3-4-6-18(17)27-20(24)23-19(25)14-7-8-15-16(13-14)22-10-9-21-15/h3-10,13H,2,11-12H2,1H3. The summed E-state index contributed by atoms with van der Waals surface area (Å²) in [4.78, 5) is 26.3. The zero-order valence-corrected chi connectivity index (χ0v) is 15.6. The molecule has 0 saturated heterocycles. The lowest BCUT2D eigenvalue weighted by atomic mass is 10.2. The Morgan fingerprint density at radius 1 is 1.15 bits per heavy atom. The quantitative estimate of drug-likeness (QED) is 0.499. The Morgan fingerprint density at radius 2 is 1.96 bits per heavy atom. The van der Waals surface area contributed by atoms with Crippen LogP contribution in [0.15, 0.2) is 59.9 Å². The van der Waals surface area contributed by atoms with Crippen LogP contribution in [-0.4, -0.2) is 33.7 Å². The van der Waals surface area contributed by atoms with Gasteiger partial charge in [-0.05, 0) is 37.3 Å². The van der Waals surface area contributed by atoms with Gasteiger partial charge < -0.3 is 9.30 Å². The minimum atomic E-state index is -0.292. The van der Waals surface area contributed by atoms with Gasteiger partial charge in [0, 0.05) is 31.1 Å². The first-order valence-electron chi connectivity index (χ1n) is 8.72.